The Bertz CT molecular complexity index is 940. The second-order valence-electron chi connectivity index (χ2n) is 6.49. The molecule has 6 heteroatoms. The van der Waals surface area contributed by atoms with E-state index < -0.39 is 5.91 Å². The Morgan fingerprint density at radius 1 is 1.04 bits per heavy atom. The van der Waals surface area contributed by atoms with Gasteiger partial charge in [0, 0.05) is 18.5 Å². The number of carbonyl (C=O) groups is 2. The number of ether oxygens (including phenoxy) is 1. The molecule has 1 atom stereocenters. The molecule has 0 aliphatic carbocycles. The Balaban J connectivity index is 1.48. The topological polar surface area (TPSA) is 80.6 Å². The summed E-state index contributed by atoms with van der Waals surface area (Å²) < 4.78 is 11.1. The minimum Gasteiger partial charge on any atom is -0.451 e. The summed E-state index contributed by atoms with van der Waals surface area (Å²) in [5.74, 6) is -0.442. The van der Waals surface area contributed by atoms with E-state index in [1.165, 1.54) is 0 Å². The molecule has 0 unspecified atom stereocenters. The summed E-state index contributed by atoms with van der Waals surface area (Å²) in [5, 5.41) is 6.50. The number of anilines is 1. The third kappa shape index (κ3) is 3.85. The van der Waals surface area contributed by atoms with Crippen LogP contribution in [0.15, 0.2) is 59.0 Å². The van der Waals surface area contributed by atoms with E-state index in [-0.39, 0.29) is 17.8 Å². The highest BCUT2D eigenvalue weighted by Gasteiger charge is 2.19. The van der Waals surface area contributed by atoms with Gasteiger partial charge in [0.05, 0.1) is 17.4 Å². The number of nitrogens with one attached hydrogen (secondary N) is 2. The van der Waals surface area contributed by atoms with Gasteiger partial charge in [0.2, 0.25) is 0 Å². The zero-order chi connectivity index (χ0) is 18.6. The highest BCUT2D eigenvalue weighted by atomic mass is 16.5. The first kappa shape index (κ1) is 17.3. The number of hydrogen-bond acceptors (Lipinski definition) is 4. The van der Waals surface area contributed by atoms with Gasteiger partial charge in [0.25, 0.3) is 11.8 Å². The summed E-state index contributed by atoms with van der Waals surface area (Å²) in [6, 6.07) is 16.0. The maximum Gasteiger partial charge on any atom is 0.291 e. The normalized spacial score (nSPS) is 16.4. The van der Waals surface area contributed by atoms with Crippen LogP contribution in [0.5, 0.6) is 0 Å². The second kappa shape index (κ2) is 7.63. The lowest BCUT2D eigenvalue weighted by molar-refractivity contribution is 0.0858. The van der Waals surface area contributed by atoms with Crippen LogP contribution < -0.4 is 10.6 Å². The molecule has 2 aromatic carbocycles. The first-order valence-electron chi connectivity index (χ1n) is 8.99. The third-order valence-electron chi connectivity index (χ3n) is 4.58. The number of fused-ring (bicyclic) bond motifs is 1. The predicted molar refractivity (Wildman–Crippen MR) is 102 cm³/mol. The molecule has 1 aliphatic heterocycles. The number of rotatable bonds is 5. The molecule has 2 N–H and O–H groups in total. The van der Waals surface area contributed by atoms with Crippen molar-refractivity contribution in [2.24, 2.45) is 0 Å². The molecular weight excluding hydrogens is 344 g/mol. The summed E-state index contributed by atoms with van der Waals surface area (Å²) in [5.41, 5.74) is 1.48. The molecule has 0 bridgehead atoms. The fourth-order valence-electron chi connectivity index (χ4n) is 3.17. The predicted octanol–water partition coefficient (Wildman–Crippen LogP) is 3.59. The molecule has 6 nitrogen and oxygen atoms in total. The highest BCUT2D eigenvalue weighted by Crippen LogP contribution is 2.21. The zero-order valence-electron chi connectivity index (χ0n) is 14.7. The van der Waals surface area contributed by atoms with Crippen LogP contribution in [0.1, 0.15) is 33.8 Å². The van der Waals surface area contributed by atoms with Gasteiger partial charge in [-0.15, -0.1) is 0 Å². The second-order valence-corrected chi connectivity index (χ2v) is 6.49. The van der Waals surface area contributed by atoms with E-state index in [4.69, 9.17) is 9.15 Å². The first-order chi connectivity index (χ1) is 13.2. The van der Waals surface area contributed by atoms with Crippen LogP contribution in [-0.2, 0) is 4.74 Å². The van der Waals surface area contributed by atoms with Crippen LogP contribution >= 0.6 is 0 Å². The SMILES string of the molecule is O=C(Nc1ccccc1C(=O)NC[C@H]1CCCO1)c1cc2ccccc2o1. The fraction of sp³-hybridized carbons (Fsp3) is 0.238. The maximum absolute atomic E-state index is 12.6. The molecule has 0 saturated carbocycles. The zero-order valence-corrected chi connectivity index (χ0v) is 14.7. The largest absolute Gasteiger partial charge is 0.451 e. The molecule has 3 aromatic rings. The van der Waals surface area contributed by atoms with Gasteiger partial charge in [-0.3, -0.25) is 9.59 Å². The van der Waals surface area contributed by atoms with Crippen LogP contribution in [0.2, 0.25) is 0 Å². The molecule has 27 heavy (non-hydrogen) atoms. The van der Waals surface area contributed by atoms with E-state index >= 15 is 0 Å². The van der Waals surface area contributed by atoms with E-state index in [1.807, 2.05) is 18.2 Å². The molecule has 0 spiro atoms. The van der Waals surface area contributed by atoms with E-state index in [0.29, 0.717) is 23.4 Å². The van der Waals surface area contributed by atoms with E-state index in [2.05, 4.69) is 10.6 Å². The molecule has 1 fully saturated rings. The van der Waals surface area contributed by atoms with Gasteiger partial charge in [-0.2, -0.15) is 0 Å². The molecule has 4 rings (SSSR count). The Kier molecular flexibility index (Phi) is 4.89. The number of amides is 2. The van der Waals surface area contributed by atoms with E-state index in [9.17, 15) is 9.59 Å². The number of hydrogen-bond donors (Lipinski definition) is 2. The van der Waals surface area contributed by atoms with Gasteiger partial charge in [0.15, 0.2) is 5.76 Å². The average molecular weight is 364 g/mol. The van der Waals surface area contributed by atoms with Crippen molar-refractivity contribution in [1.82, 2.24) is 5.32 Å². The molecule has 138 valence electrons. The number of furan rings is 1. The Hall–Kier alpha value is -3.12. The lowest BCUT2D eigenvalue weighted by Crippen LogP contribution is -2.32. The highest BCUT2D eigenvalue weighted by molar-refractivity contribution is 6.09. The van der Waals surface area contributed by atoms with Gasteiger partial charge < -0.3 is 19.8 Å². The van der Waals surface area contributed by atoms with Crippen LogP contribution in [0.25, 0.3) is 11.0 Å². The lowest BCUT2D eigenvalue weighted by atomic mass is 10.1. The van der Waals surface area contributed by atoms with Gasteiger partial charge in [-0.25, -0.2) is 0 Å². The van der Waals surface area contributed by atoms with Crippen molar-refractivity contribution < 1.29 is 18.7 Å². The van der Waals surface area contributed by atoms with Crippen molar-refractivity contribution in [3.05, 3.63) is 65.9 Å². The average Bonchev–Trinajstić information content (AvgIpc) is 3.36. The minimum absolute atomic E-state index is 0.0613. The summed E-state index contributed by atoms with van der Waals surface area (Å²) in [6.07, 6.45) is 2.03. The number of benzene rings is 2. The Labute approximate surface area is 156 Å². The van der Waals surface area contributed by atoms with Crippen LogP contribution in [0, 0.1) is 0 Å². The monoisotopic (exact) mass is 364 g/mol. The summed E-state index contributed by atoms with van der Waals surface area (Å²) in [6.45, 7) is 1.20. The van der Waals surface area contributed by atoms with Crippen molar-refractivity contribution in [1.29, 1.82) is 0 Å². The first-order valence-corrected chi connectivity index (χ1v) is 8.99. The van der Waals surface area contributed by atoms with Gasteiger partial charge in [-0.1, -0.05) is 30.3 Å². The Morgan fingerprint density at radius 3 is 2.67 bits per heavy atom. The third-order valence-corrected chi connectivity index (χ3v) is 4.58. The van der Waals surface area contributed by atoms with Crippen molar-refractivity contribution >= 4 is 28.5 Å². The van der Waals surface area contributed by atoms with Crippen LogP contribution in [-0.4, -0.2) is 31.1 Å². The Morgan fingerprint density at radius 2 is 1.85 bits per heavy atom. The summed E-state index contributed by atoms with van der Waals surface area (Å²) in [4.78, 5) is 25.1. The molecule has 1 aromatic heterocycles. The van der Waals surface area contributed by atoms with Crippen molar-refractivity contribution in [2.75, 3.05) is 18.5 Å². The van der Waals surface area contributed by atoms with E-state index in [0.717, 1.165) is 24.8 Å². The van der Waals surface area contributed by atoms with Crippen LogP contribution in [0.3, 0.4) is 0 Å². The van der Waals surface area contributed by atoms with E-state index in [1.54, 1.807) is 36.4 Å². The van der Waals surface area contributed by atoms with Gasteiger partial charge in [-0.05, 0) is 37.1 Å². The quantitative estimate of drug-likeness (QED) is 0.725. The lowest BCUT2D eigenvalue weighted by Gasteiger charge is -2.13. The van der Waals surface area contributed by atoms with Crippen molar-refractivity contribution in [3.63, 3.8) is 0 Å². The molecule has 2 amide bonds. The molecule has 0 radical (unpaired) electrons. The summed E-state index contributed by atoms with van der Waals surface area (Å²) >= 11 is 0. The maximum atomic E-state index is 12.6. The van der Waals surface area contributed by atoms with Gasteiger partial charge in [0.1, 0.15) is 5.58 Å². The smallest absolute Gasteiger partial charge is 0.291 e. The van der Waals surface area contributed by atoms with Crippen molar-refractivity contribution in [3.8, 4) is 0 Å². The van der Waals surface area contributed by atoms with Gasteiger partial charge >= 0.3 is 0 Å². The number of para-hydroxylation sites is 2. The van der Waals surface area contributed by atoms with Crippen LogP contribution in [0.4, 0.5) is 5.69 Å². The summed E-state index contributed by atoms with van der Waals surface area (Å²) in [7, 11) is 0. The minimum atomic E-state index is -0.398. The molecule has 1 saturated heterocycles. The molecular formula is C21H20N2O4. The standard InChI is InChI=1S/C21H20N2O4/c24-20(22-13-15-7-5-11-26-15)16-8-2-3-9-17(16)23-21(25)19-12-14-6-1-4-10-18(14)27-19/h1-4,6,8-10,12,15H,5,7,11,13H2,(H,22,24)(H,23,25)/t15-/m1/s1. The molecule has 1 aliphatic rings. The fourth-order valence-corrected chi connectivity index (χ4v) is 3.17. The van der Waals surface area contributed by atoms with Crippen molar-refractivity contribution in [2.45, 2.75) is 18.9 Å². The molecule has 2 heterocycles. The number of carbonyl (C=O) groups excluding carboxylic acids is 2.